The van der Waals surface area contributed by atoms with Crippen molar-refractivity contribution < 1.29 is 14.3 Å². The van der Waals surface area contributed by atoms with Crippen LogP contribution >= 0.6 is 15.9 Å². The van der Waals surface area contributed by atoms with Gasteiger partial charge in [-0.2, -0.15) is 0 Å². The minimum atomic E-state index is -0.342. The van der Waals surface area contributed by atoms with E-state index in [1.54, 1.807) is 12.1 Å². The van der Waals surface area contributed by atoms with Crippen molar-refractivity contribution >= 4 is 27.6 Å². The molecule has 1 aromatic rings. The lowest BCUT2D eigenvalue weighted by Crippen LogP contribution is -2.19. The first kappa shape index (κ1) is 12.4. The molecule has 0 aromatic heterocycles. The van der Waals surface area contributed by atoms with E-state index in [9.17, 15) is 4.79 Å². The molecule has 1 heterocycles. The van der Waals surface area contributed by atoms with Gasteiger partial charge in [-0.25, -0.2) is 4.79 Å². The molecule has 4 nitrogen and oxygen atoms in total. The summed E-state index contributed by atoms with van der Waals surface area (Å²) in [5, 5.41) is 0. The first-order valence-electron chi connectivity index (χ1n) is 5.42. The SMILES string of the molecule is Cc1c(N)cc(Br)cc1C(=O)OC1CCOC1. The molecule has 0 aliphatic carbocycles. The standard InChI is InChI=1S/C12H14BrNO3/c1-7-10(4-8(13)5-11(7)14)12(15)17-9-2-3-16-6-9/h4-5,9H,2-3,6,14H2,1H3. The number of carbonyl (C=O) groups is 1. The second kappa shape index (κ2) is 5.06. The molecule has 1 unspecified atom stereocenters. The minimum absolute atomic E-state index is 0.137. The Bertz CT molecular complexity index is 442. The number of anilines is 1. The predicted octanol–water partition coefficient (Wildman–Crippen LogP) is 2.29. The lowest BCUT2D eigenvalue weighted by Gasteiger charge is -2.13. The van der Waals surface area contributed by atoms with Crippen LogP contribution in [0.2, 0.25) is 0 Å². The van der Waals surface area contributed by atoms with E-state index in [1.165, 1.54) is 0 Å². The van der Waals surface area contributed by atoms with Crippen molar-refractivity contribution in [3.8, 4) is 0 Å². The number of nitrogens with two attached hydrogens (primary N) is 1. The van der Waals surface area contributed by atoms with E-state index in [-0.39, 0.29) is 12.1 Å². The molecule has 2 N–H and O–H groups in total. The van der Waals surface area contributed by atoms with E-state index in [0.29, 0.717) is 24.5 Å². The fourth-order valence-electron chi connectivity index (χ4n) is 1.73. The number of carbonyl (C=O) groups excluding carboxylic acids is 1. The summed E-state index contributed by atoms with van der Waals surface area (Å²) in [6.07, 6.45) is 0.621. The maximum absolute atomic E-state index is 12.0. The Labute approximate surface area is 108 Å². The Balaban J connectivity index is 2.18. The zero-order valence-electron chi connectivity index (χ0n) is 9.53. The Kier molecular flexibility index (Phi) is 3.69. The van der Waals surface area contributed by atoms with Crippen molar-refractivity contribution in [2.75, 3.05) is 18.9 Å². The summed E-state index contributed by atoms with van der Waals surface area (Å²) in [6.45, 7) is 2.94. The third-order valence-electron chi connectivity index (χ3n) is 2.79. The quantitative estimate of drug-likeness (QED) is 0.672. The number of rotatable bonds is 2. The highest BCUT2D eigenvalue weighted by Gasteiger charge is 2.22. The molecule has 1 atom stereocenters. The van der Waals surface area contributed by atoms with Crippen molar-refractivity contribution in [2.45, 2.75) is 19.4 Å². The van der Waals surface area contributed by atoms with Gasteiger partial charge in [0, 0.05) is 16.6 Å². The third kappa shape index (κ3) is 2.79. The Hall–Kier alpha value is -1.07. The average Bonchev–Trinajstić information content (AvgIpc) is 2.76. The molecule has 1 saturated heterocycles. The normalized spacial score (nSPS) is 19.3. The highest BCUT2D eigenvalue weighted by molar-refractivity contribution is 9.10. The van der Waals surface area contributed by atoms with E-state index in [0.717, 1.165) is 16.5 Å². The minimum Gasteiger partial charge on any atom is -0.456 e. The molecule has 17 heavy (non-hydrogen) atoms. The van der Waals surface area contributed by atoms with Crippen molar-refractivity contribution in [3.05, 3.63) is 27.7 Å². The van der Waals surface area contributed by atoms with Crippen LogP contribution in [0.25, 0.3) is 0 Å². The molecule has 1 aliphatic heterocycles. The molecule has 0 saturated carbocycles. The molecule has 1 fully saturated rings. The average molecular weight is 300 g/mol. The molecule has 1 aliphatic rings. The topological polar surface area (TPSA) is 61.6 Å². The van der Waals surface area contributed by atoms with E-state index < -0.39 is 0 Å². The molecule has 5 heteroatoms. The zero-order valence-corrected chi connectivity index (χ0v) is 11.1. The largest absolute Gasteiger partial charge is 0.456 e. The number of ether oxygens (including phenoxy) is 2. The molecule has 0 radical (unpaired) electrons. The van der Waals surface area contributed by atoms with Crippen molar-refractivity contribution in [1.82, 2.24) is 0 Å². The number of esters is 1. The first-order valence-corrected chi connectivity index (χ1v) is 6.21. The second-order valence-electron chi connectivity index (χ2n) is 4.06. The van der Waals surface area contributed by atoms with Crippen LogP contribution in [-0.2, 0) is 9.47 Å². The lowest BCUT2D eigenvalue weighted by atomic mass is 10.1. The molecular formula is C12H14BrNO3. The van der Waals surface area contributed by atoms with Crippen LogP contribution in [0.4, 0.5) is 5.69 Å². The maximum atomic E-state index is 12.0. The van der Waals surface area contributed by atoms with Crippen LogP contribution in [0.15, 0.2) is 16.6 Å². The molecule has 0 spiro atoms. The lowest BCUT2D eigenvalue weighted by molar-refractivity contribution is 0.0270. The van der Waals surface area contributed by atoms with Gasteiger partial charge >= 0.3 is 5.97 Å². The monoisotopic (exact) mass is 299 g/mol. The Morgan fingerprint density at radius 2 is 2.35 bits per heavy atom. The van der Waals surface area contributed by atoms with Gasteiger partial charge in [0.25, 0.3) is 0 Å². The Morgan fingerprint density at radius 1 is 1.59 bits per heavy atom. The van der Waals surface area contributed by atoms with Gasteiger partial charge in [-0.15, -0.1) is 0 Å². The molecule has 0 bridgehead atoms. The summed E-state index contributed by atoms with van der Waals surface area (Å²) in [7, 11) is 0. The second-order valence-corrected chi connectivity index (χ2v) is 4.97. The van der Waals surface area contributed by atoms with Crippen molar-refractivity contribution in [2.24, 2.45) is 0 Å². The van der Waals surface area contributed by atoms with E-state index in [2.05, 4.69) is 15.9 Å². The number of hydrogen-bond acceptors (Lipinski definition) is 4. The van der Waals surface area contributed by atoms with Gasteiger partial charge in [-0.3, -0.25) is 0 Å². The fourth-order valence-corrected chi connectivity index (χ4v) is 2.21. The number of hydrogen-bond donors (Lipinski definition) is 1. The van der Waals surface area contributed by atoms with Crippen LogP contribution in [0.1, 0.15) is 22.3 Å². The van der Waals surface area contributed by atoms with E-state index >= 15 is 0 Å². The smallest absolute Gasteiger partial charge is 0.338 e. The van der Waals surface area contributed by atoms with Crippen LogP contribution in [0.5, 0.6) is 0 Å². The summed E-state index contributed by atoms with van der Waals surface area (Å²) in [5.74, 6) is -0.342. The van der Waals surface area contributed by atoms with Crippen LogP contribution in [-0.4, -0.2) is 25.3 Å². The zero-order chi connectivity index (χ0) is 12.4. The number of nitrogen functional groups attached to an aromatic ring is 1. The highest BCUT2D eigenvalue weighted by Crippen LogP contribution is 2.24. The summed E-state index contributed by atoms with van der Waals surface area (Å²) in [6, 6.07) is 3.49. The van der Waals surface area contributed by atoms with E-state index in [1.807, 2.05) is 6.92 Å². The maximum Gasteiger partial charge on any atom is 0.338 e. The molecule has 1 aromatic carbocycles. The van der Waals surface area contributed by atoms with E-state index in [4.69, 9.17) is 15.2 Å². The van der Waals surface area contributed by atoms with Crippen LogP contribution < -0.4 is 5.73 Å². The van der Waals surface area contributed by atoms with Gasteiger partial charge in [0.2, 0.25) is 0 Å². The number of halogens is 1. The van der Waals surface area contributed by atoms with Gasteiger partial charge in [0.15, 0.2) is 0 Å². The summed E-state index contributed by atoms with van der Waals surface area (Å²) in [5.41, 5.74) is 7.63. The summed E-state index contributed by atoms with van der Waals surface area (Å²) in [4.78, 5) is 12.0. The third-order valence-corrected chi connectivity index (χ3v) is 3.25. The van der Waals surface area contributed by atoms with Gasteiger partial charge in [0.05, 0.1) is 18.8 Å². The van der Waals surface area contributed by atoms with Gasteiger partial charge in [0.1, 0.15) is 6.10 Å². The summed E-state index contributed by atoms with van der Waals surface area (Å²) >= 11 is 3.32. The molecule has 2 rings (SSSR count). The highest BCUT2D eigenvalue weighted by atomic mass is 79.9. The van der Waals surface area contributed by atoms with Crippen LogP contribution in [0.3, 0.4) is 0 Å². The van der Waals surface area contributed by atoms with Gasteiger partial charge in [-0.05, 0) is 24.6 Å². The Morgan fingerprint density at radius 3 is 3.00 bits per heavy atom. The van der Waals surface area contributed by atoms with Crippen molar-refractivity contribution in [1.29, 1.82) is 0 Å². The predicted molar refractivity (Wildman–Crippen MR) is 67.9 cm³/mol. The first-order chi connectivity index (χ1) is 8.08. The molecule has 0 amide bonds. The van der Waals surface area contributed by atoms with Gasteiger partial charge in [-0.1, -0.05) is 15.9 Å². The molecular weight excluding hydrogens is 286 g/mol. The number of benzene rings is 1. The summed E-state index contributed by atoms with van der Waals surface area (Å²) < 4.78 is 11.3. The fraction of sp³-hybridized carbons (Fsp3) is 0.417. The van der Waals surface area contributed by atoms with Crippen LogP contribution in [0, 0.1) is 6.92 Å². The van der Waals surface area contributed by atoms with Crippen molar-refractivity contribution in [3.63, 3.8) is 0 Å². The van der Waals surface area contributed by atoms with Gasteiger partial charge < -0.3 is 15.2 Å². The molecule has 92 valence electrons.